The predicted octanol–water partition coefficient (Wildman–Crippen LogP) is 3.79. The molecule has 0 aliphatic carbocycles. The van der Waals surface area contributed by atoms with Crippen LogP contribution >= 0.6 is 0 Å². The molecule has 1 unspecified atom stereocenters. The minimum Gasteiger partial charge on any atom is -0.310 e. The molecule has 92 valence electrons. The van der Waals surface area contributed by atoms with Gasteiger partial charge in [0.25, 0.3) is 0 Å². The van der Waals surface area contributed by atoms with E-state index >= 15 is 0 Å². The van der Waals surface area contributed by atoms with Crippen LogP contribution in [0.4, 0.5) is 0 Å². The number of nitriles is 1. The number of hydrogen-bond acceptors (Lipinski definition) is 2. The molecule has 1 aromatic carbocycles. The SMILES string of the molecule is CCCCCCNC(C)c1ccc(C#N)cc1. The molecule has 0 aliphatic rings. The molecule has 1 rings (SSSR count). The molecular weight excluding hydrogens is 208 g/mol. The first-order valence-electron chi connectivity index (χ1n) is 6.51. The van der Waals surface area contributed by atoms with Crippen molar-refractivity contribution in [1.29, 1.82) is 5.26 Å². The summed E-state index contributed by atoms with van der Waals surface area (Å²) >= 11 is 0. The number of benzene rings is 1. The smallest absolute Gasteiger partial charge is 0.0991 e. The highest BCUT2D eigenvalue weighted by Gasteiger charge is 2.03. The van der Waals surface area contributed by atoms with Crippen molar-refractivity contribution >= 4 is 0 Å². The van der Waals surface area contributed by atoms with Crippen LogP contribution in [0.2, 0.25) is 0 Å². The van der Waals surface area contributed by atoms with Gasteiger partial charge >= 0.3 is 0 Å². The van der Waals surface area contributed by atoms with Gasteiger partial charge < -0.3 is 5.32 Å². The fourth-order valence-electron chi connectivity index (χ4n) is 1.83. The topological polar surface area (TPSA) is 35.8 Å². The molecule has 17 heavy (non-hydrogen) atoms. The molecule has 0 radical (unpaired) electrons. The summed E-state index contributed by atoms with van der Waals surface area (Å²) < 4.78 is 0. The third kappa shape index (κ3) is 5.01. The normalized spacial score (nSPS) is 12.1. The van der Waals surface area contributed by atoms with Crippen LogP contribution < -0.4 is 5.32 Å². The minimum absolute atomic E-state index is 0.365. The van der Waals surface area contributed by atoms with E-state index in [1.807, 2.05) is 24.3 Å². The Kier molecular flexibility index (Phi) is 6.35. The molecular formula is C15H22N2. The Balaban J connectivity index is 2.31. The maximum atomic E-state index is 8.73. The van der Waals surface area contributed by atoms with Crippen LogP contribution in [0.1, 0.15) is 56.7 Å². The van der Waals surface area contributed by atoms with Crippen LogP contribution in [0.15, 0.2) is 24.3 Å². The van der Waals surface area contributed by atoms with Crippen LogP contribution in [0.3, 0.4) is 0 Å². The van der Waals surface area contributed by atoms with Gasteiger partial charge in [0, 0.05) is 6.04 Å². The first-order chi connectivity index (χ1) is 8.27. The number of nitrogens with zero attached hydrogens (tertiary/aromatic N) is 1. The van der Waals surface area contributed by atoms with Crippen LogP contribution in [-0.2, 0) is 0 Å². The van der Waals surface area contributed by atoms with Gasteiger partial charge in [0.1, 0.15) is 0 Å². The molecule has 0 heterocycles. The molecule has 2 heteroatoms. The Morgan fingerprint density at radius 1 is 1.18 bits per heavy atom. The van der Waals surface area contributed by atoms with Crippen molar-refractivity contribution in [2.24, 2.45) is 0 Å². The number of unbranched alkanes of at least 4 members (excludes halogenated alkanes) is 3. The summed E-state index contributed by atoms with van der Waals surface area (Å²) in [7, 11) is 0. The average Bonchev–Trinajstić information content (AvgIpc) is 2.38. The second-order valence-corrected chi connectivity index (χ2v) is 4.47. The van der Waals surface area contributed by atoms with Crippen LogP contribution in [-0.4, -0.2) is 6.54 Å². The van der Waals surface area contributed by atoms with Gasteiger partial charge in [-0.1, -0.05) is 38.3 Å². The molecule has 1 N–H and O–H groups in total. The third-order valence-electron chi connectivity index (χ3n) is 3.02. The highest BCUT2D eigenvalue weighted by atomic mass is 14.9. The van der Waals surface area contributed by atoms with Crippen LogP contribution in [0, 0.1) is 11.3 Å². The maximum Gasteiger partial charge on any atom is 0.0991 e. The van der Waals surface area contributed by atoms with Gasteiger partial charge in [-0.15, -0.1) is 0 Å². The quantitative estimate of drug-likeness (QED) is 0.723. The van der Waals surface area contributed by atoms with Crippen molar-refractivity contribution in [2.45, 2.75) is 45.6 Å². The molecule has 0 amide bonds. The third-order valence-corrected chi connectivity index (χ3v) is 3.02. The molecule has 0 saturated heterocycles. The zero-order valence-electron chi connectivity index (χ0n) is 10.9. The Morgan fingerprint density at radius 3 is 2.47 bits per heavy atom. The highest BCUT2D eigenvalue weighted by Crippen LogP contribution is 2.13. The van der Waals surface area contributed by atoms with E-state index in [4.69, 9.17) is 5.26 Å². The van der Waals surface area contributed by atoms with Gasteiger partial charge in [0.05, 0.1) is 11.6 Å². The molecule has 0 spiro atoms. The summed E-state index contributed by atoms with van der Waals surface area (Å²) in [5.41, 5.74) is 1.98. The molecule has 1 aromatic rings. The standard InChI is InChI=1S/C15H22N2/c1-3-4-5-6-11-17-13(2)15-9-7-14(12-16)8-10-15/h7-10,13,17H,3-6,11H2,1-2H3. The van der Waals surface area contributed by atoms with Gasteiger partial charge in [0.2, 0.25) is 0 Å². The lowest BCUT2D eigenvalue weighted by Gasteiger charge is -2.14. The monoisotopic (exact) mass is 230 g/mol. The van der Waals surface area contributed by atoms with Crippen LogP contribution in [0.5, 0.6) is 0 Å². The van der Waals surface area contributed by atoms with Gasteiger partial charge in [-0.2, -0.15) is 5.26 Å². The largest absolute Gasteiger partial charge is 0.310 e. The maximum absolute atomic E-state index is 8.73. The molecule has 0 aromatic heterocycles. The van der Waals surface area contributed by atoms with Crippen molar-refractivity contribution in [3.8, 4) is 6.07 Å². The van der Waals surface area contributed by atoms with E-state index in [1.54, 1.807) is 0 Å². The number of rotatable bonds is 7. The summed E-state index contributed by atoms with van der Waals surface area (Å²) in [5.74, 6) is 0. The zero-order chi connectivity index (χ0) is 12.5. The van der Waals surface area contributed by atoms with E-state index < -0.39 is 0 Å². The van der Waals surface area contributed by atoms with E-state index in [-0.39, 0.29) is 0 Å². The molecule has 0 aliphatic heterocycles. The first kappa shape index (κ1) is 13.7. The Morgan fingerprint density at radius 2 is 1.88 bits per heavy atom. The fraction of sp³-hybridized carbons (Fsp3) is 0.533. The minimum atomic E-state index is 0.365. The van der Waals surface area contributed by atoms with Gasteiger partial charge in [-0.05, 0) is 37.6 Å². The average molecular weight is 230 g/mol. The van der Waals surface area contributed by atoms with Gasteiger partial charge in [0.15, 0.2) is 0 Å². The molecule has 0 bridgehead atoms. The van der Waals surface area contributed by atoms with E-state index in [9.17, 15) is 0 Å². The molecule has 0 fully saturated rings. The Hall–Kier alpha value is -1.33. The summed E-state index contributed by atoms with van der Waals surface area (Å²) in [5, 5.41) is 12.2. The highest BCUT2D eigenvalue weighted by molar-refractivity contribution is 5.32. The van der Waals surface area contributed by atoms with Gasteiger partial charge in [-0.3, -0.25) is 0 Å². The van der Waals surface area contributed by atoms with E-state index in [0.717, 1.165) is 12.1 Å². The summed E-state index contributed by atoms with van der Waals surface area (Å²) in [4.78, 5) is 0. The van der Waals surface area contributed by atoms with Crippen molar-refractivity contribution in [2.75, 3.05) is 6.54 Å². The van der Waals surface area contributed by atoms with Crippen molar-refractivity contribution in [3.05, 3.63) is 35.4 Å². The molecule has 1 atom stereocenters. The lowest BCUT2D eigenvalue weighted by Crippen LogP contribution is -2.19. The lowest BCUT2D eigenvalue weighted by molar-refractivity contribution is 0.536. The lowest BCUT2D eigenvalue weighted by atomic mass is 10.1. The zero-order valence-corrected chi connectivity index (χ0v) is 10.9. The number of nitrogens with one attached hydrogen (secondary N) is 1. The second kappa shape index (κ2) is 7.86. The van der Waals surface area contributed by atoms with Crippen LogP contribution in [0.25, 0.3) is 0 Å². The fourth-order valence-corrected chi connectivity index (χ4v) is 1.83. The van der Waals surface area contributed by atoms with Crippen molar-refractivity contribution < 1.29 is 0 Å². The summed E-state index contributed by atoms with van der Waals surface area (Å²) in [6, 6.07) is 10.3. The van der Waals surface area contributed by atoms with Crippen molar-refractivity contribution in [3.63, 3.8) is 0 Å². The van der Waals surface area contributed by atoms with Crippen molar-refractivity contribution in [1.82, 2.24) is 5.32 Å². The Bertz CT molecular complexity index is 348. The van der Waals surface area contributed by atoms with E-state index in [2.05, 4.69) is 25.2 Å². The van der Waals surface area contributed by atoms with Gasteiger partial charge in [-0.25, -0.2) is 0 Å². The predicted molar refractivity (Wildman–Crippen MR) is 71.7 cm³/mol. The number of hydrogen-bond donors (Lipinski definition) is 1. The first-order valence-corrected chi connectivity index (χ1v) is 6.51. The van der Waals surface area contributed by atoms with E-state index in [0.29, 0.717) is 6.04 Å². The second-order valence-electron chi connectivity index (χ2n) is 4.47. The summed E-state index contributed by atoms with van der Waals surface area (Å²) in [6.45, 7) is 5.47. The molecule has 0 saturated carbocycles. The van der Waals surface area contributed by atoms with E-state index in [1.165, 1.54) is 31.2 Å². The molecule has 2 nitrogen and oxygen atoms in total. The Labute approximate surface area is 105 Å². The summed E-state index contributed by atoms with van der Waals surface area (Å²) in [6.07, 6.45) is 5.16.